The number of benzene rings is 2. The third-order valence-corrected chi connectivity index (χ3v) is 4.38. The standard InChI is InChI=1S/C16H7Cl3F7NO/c17-9-3-1-2-7(4-9)13(28)27-12-10(18)5-8(6-11(12)19)14(20,15(21,22)23)16(24,25)26/h1-6H,(H,27,28). The summed E-state index contributed by atoms with van der Waals surface area (Å²) < 4.78 is 91.3. The van der Waals surface area contributed by atoms with Crippen LogP contribution in [0.1, 0.15) is 15.9 Å². The molecule has 2 nitrogen and oxygen atoms in total. The summed E-state index contributed by atoms with van der Waals surface area (Å²) in [6.07, 6.45) is -12.7. The highest BCUT2D eigenvalue weighted by atomic mass is 35.5. The number of anilines is 1. The van der Waals surface area contributed by atoms with Crippen LogP contribution in [-0.4, -0.2) is 18.3 Å². The predicted octanol–water partition coefficient (Wildman–Crippen LogP) is 7.19. The molecule has 0 bridgehead atoms. The van der Waals surface area contributed by atoms with Gasteiger partial charge in [0.15, 0.2) is 0 Å². The van der Waals surface area contributed by atoms with E-state index in [9.17, 15) is 35.5 Å². The third kappa shape index (κ3) is 4.16. The Hall–Kier alpha value is -1.71. The fourth-order valence-electron chi connectivity index (χ4n) is 2.19. The van der Waals surface area contributed by atoms with E-state index in [1.54, 1.807) is 0 Å². The van der Waals surface area contributed by atoms with Crippen LogP contribution in [0.25, 0.3) is 0 Å². The monoisotopic (exact) mass is 467 g/mol. The molecule has 0 atom stereocenters. The van der Waals surface area contributed by atoms with Crippen LogP contribution in [0, 0.1) is 0 Å². The second-order valence-corrected chi connectivity index (χ2v) is 6.68. The van der Waals surface area contributed by atoms with E-state index in [2.05, 4.69) is 5.32 Å². The first-order valence-corrected chi connectivity index (χ1v) is 8.20. The molecular formula is C16H7Cl3F7NO. The van der Waals surface area contributed by atoms with Gasteiger partial charge in [0.2, 0.25) is 0 Å². The second kappa shape index (κ2) is 7.61. The predicted molar refractivity (Wildman–Crippen MR) is 90.8 cm³/mol. The molecule has 28 heavy (non-hydrogen) atoms. The van der Waals surface area contributed by atoms with E-state index in [1.165, 1.54) is 24.3 Å². The Morgan fingerprint density at radius 2 is 1.32 bits per heavy atom. The largest absolute Gasteiger partial charge is 0.435 e. The number of halogens is 10. The number of hydrogen-bond acceptors (Lipinski definition) is 1. The van der Waals surface area contributed by atoms with Crippen molar-refractivity contribution in [2.45, 2.75) is 18.0 Å². The Morgan fingerprint density at radius 1 is 0.821 bits per heavy atom. The van der Waals surface area contributed by atoms with Gasteiger partial charge in [-0.1, -0.05) is 40.9 Å². The number of carbonyl (C=O) groups is 1. The molecule has 2 rings (SSSR count). The molecule has 152 valence electrons. The smallest absolute Gasteiger partial charge is 0.319 e. The van der Waals surface area contributed by atoms with Gasteiger partial charge in [0.1, 0.15) is 0 Å². The highest BCUT2D eigenvalue weighted by molar-refractivity contribution is 6.40. The van der Waals surface area contributed by atoms with E-state index in [0.717, 1.165) is 0 Å². The summed E-state index contributed by atoms with van der Waals surface area (Å²) >= 11 is 17.1. The summed E-state index contributed by atoms with van der Waals surface area (Å²) in [4.78, 5) is 12.1. The van der Waals surface area contributed by atoms with Crippen LogP contribution in [0.15, 0.2) is 36.4 Å². The van der Waals surface area contributed by atoms with Crippen molar-refractivity contribution in [3.8, 4) is 0 Å². The average molecular weight is 469 g/mol. The molecule has 0 radical (unpaired) electrons. The molecule has 0 spiro atoms. The SMILES string of the molecule is O=C(Nc1c(Cl)cc(C(F)(C(F)(F)F)C(F)(F)F)cc1Cl)c1cccc(Cl)c1. The molecule has 1 N–H and O–H groups in total. The molecule has 0 heterocycles. The molecule has 0 saturated carbocycles. The molecule has 0 aromatic heterocycles. The van der Waals surface area contributed by atoms with Gasteiger partial charge in [0, 0.05) is 16.1 Å². The summed E-state index contributed by atoms with van der Waals surface area (Å²) in [5.41, 5.74) is -8.07. The van der Waals surface area contributed by atoms with E-state index in [-0.39, 0.29) is 22.7 Å². The van der Waals surface area contributed by atoms with Crippen molar-refractivity contribution < 1.29 is 35.5 Å². The molecule has 0 aliphatic carbocycles. The van der Waals surface area contributed by atoms with Gasteiger partial charge in [-0.05, 0) is 30.3 Å². The molecule has 12 heteroatoms. The van der Waals surface area contributed by atoms with Crippen LogP contribution in [0.5, 0.6) is 0 Å². The fourth-order valence-corrected chi connectivity index (χ4v) is 2.97. The summed E-state index contributed by atoms with van der Waals surface area (Å²) in [5, 5.41) is 0.673. The normalized spacial score (nSPS) is 12.8. The first-order chi connectivity index (χ1) is 12.7. The van der Waals surface area contributed by atoms with Gasteiger partial charge in [-0.15, -0.1) is 0 Å². The number of carbonyl (C=O) groups excluding carboxylic acids is 1. The highest BCUT2D eigenvalue weighted by Gasteiger charge is 2.73. The Labute approximate surface area is 168 Å². The Morgan fingerprint density at radius 3 is 1.75 bits per heavy atom. The van der Waals surface area contributed by atoms with Gasteiger partial charge in [-0.2, -0.15) is 26.3 Å². The zero-order valence-electron chi connectivity index (χ0n) is 13.2. The summed E-state index contributed by atoms with van der Waals surface area (Å²) in [6, 6.07) is 5.66. The van der Waals surface area contributed by atoms with Crippen LogP contribution in [0.2, 0.25) is 15.1 Å². The Kier molecular flexibility index (Phi) is 6.13. The van der Waals surface area contributed by atoms with Crippen molar-refractivity contribution in [1.29, 1.82) is 0 Å². The molecular weight excluding hydrogens is 462 g/mol. The van der Waals surface area contributed by atoms with Gasteiger partial charge in [0.25, 0.3) is 5.91 Å². The highest BCUT2D eigenvalue weighted by Crippen LogP contribution is 2.54. The van der Waals surface area contributed by atoms with Crippen LogP contribution in [0.3, 0.4) is 0 Å². The van der Waals surface area contributed by atoms with Gasteiger partial charge in [0.05, 0.1) is 15.7 Å². The first kappa shape index (κ1) is 22.6. The van der Waals surface area contributed by atoms with Crippen molar-refractivity contribution in [1.82, 2.24) is 0 Å². The molecule has 0 aliphatic heterocycles. The maximum Gasteiger partial charge on any atom is 0.435 e. The molecule has 2 aromatic rings. The van der Waals surface area contributed by atoms with Gasteiger partial charge < -0.3 is 5.32 Å². The van der Waals surface area contributed by atoms with Crippen molar-refractivity contribution >= 4 is 46.4 Å². The van der Waals surface area contributed by atoms with Crippen LogP contribution >= 0.6 is 34.8 Å². The lowest BCUT2D eigenvalue weighted by atomic mass is 9.94. The Balaban J connectivity index is 2.49. The summed E-state index contributed by atoms with van der Waals surface area (Å²) in [5.74, 6) is -0.850. The minimum absolute atomic E-state index is 0.00845. The molecule has 1 amide bonds. The maximum absolute atomic E-state index is 14.1. The molecule has 0 unspecified atom stereocenters. The zero-order valence-corrected chi connectivity index (χ0v) is 15.4. The van der Waals surface area contributed by atoms with E-state index < -0.39 is 45.2 Å². The quantitative estimate of drug-likeness (QED) is 0.475. The fraction of sp³-hybridized carbons (Fsp3) is 0.188. The number of rotatable bonds is 3. The number of amides is 1. The minimum Gasteiger partial charge on any atom is -0.319 e. The lowest BCUT2D eigenvalue weighted by Crippen LogP contribution is -2.50. The average Bonchev–Trinajstić information content (AvgIpc) is 2.54. The van der Waals surface area contributed by atoms with Crippen LogP contribution in [-0.2, 0) is 5.67 Å². The van der Waals surface area contributed by atoms with E-state index in [0.29, 0.717) is 0 Å². The minimum atomic E-state index is -6.33. The molecule has 0 saturated heterocycles. The van der Waals surface area contributed by atoms with Crippen molar-refractivity contribution in [3.05, 3.63) is 62.6 Å². The van der Waals surface area contributed by atoms with Crippen LogP contribution in [0.4, 0.5) is 36.4 Å². The maximum atomic E-state index is 14.1. The van der Waals surface area contributed by atoms with Crippen molar-refractivity contribution in [2.24, 2.45) is 0 Å². The van der Waals surface area contributed by atoms with Crippen LogP contribution < -0.4 is 5.32 Å². The third-order valence-electron chi connectivity index (χ3n) is 3.55. The summed E-state index contributed by atoms with van der Waals surface area (Å²) in [6.45, 7) is 0. The van der Waals surface area contributed by atoms with Crippen molar-refractivity contribution in [3.63, 3.8) is 0 Å². The molecule has 0 fully saturated rings. The van der Waals surface area contributed by atoms with Gasteiger partial charge in [-0.25, -0.2) is 4.39 Å². The first-order valence-electron chi connectivity index (χ1n) is 7.07. The van der Waals surface area contributed by atoms with E-state index in [1.807, 2.05) is 0 Å². The van der Waals surface area contributed by atoms with E-state index in [4.69, 9.17) is 34.8 Å². The van der Waals surface area contributed by atoms with Gasteiger partial charge >= 0.3 is 18.0 Å². The van der Waals surface area contributed by atoms with Gasteiger partial charge in [-0.3, -0.25) is 4.79 Å². The molecule has 2 aromatic carbocycles. The lowest BCUT2D eigenvalue weighted by molar-refractivity contribution is -0.348. The zero-order chi connectivity index (χ0) is 21.5. The van der Waals surface area contributed by atoms with E-state index >= 15 is 0 Å². The topological polar surface area (TPSA) is 29.1 Å². The second-order valence-electron chi connectivity index (χ2n) is 5.43. The lowest BCUT2D eigenvalue weighted by Gasteiger charge is -2.30. The number of nitrogens with one attached hydrogen (secondary N) is 1. The summed E-state index contributed by atoms with van der Waals surface area (Å²) in [7, 11) is 0. The molecule has 0 aliphatic rings. The number of alkyl halides is 7. The Bertz CT molecular complexity index is 875. The van der Waals surface area contributed by atoms with Crippen molar-refractivity contribution in [2.75, 3.05) is 5.32 Å². The number of hydrogen-bond donors (Lipinski definition) is 1.